The topological polar surface area (TPSA) is 64.7 Å². The lowest BCUT2D eigenvalue weighted by molar-refractivity contribution is -0.137. The quantitative estimate of drug-likeness (QED) is 0.748. The fourth-order valence-electron chi connectivity index (χ4n) is 3.66. The number of hydrogen-bond donors (Lipinski definition) is 2. The van der Waals surface area contributed by atoms with Crippen LogP contribution in [-0.4, -0.2) is 66.5 Å². The van der Waals surface area contributed by atoms with Gasteiger partial charge in [0.15, 0.2) is 0 Å². The lowest BCUT2D eigenvalue weighted by Crippen LogP contribution is -2.49. The highest BCUT2D eigenvalue weighted by Crippen LogP contribution is 2.23. The van der Waals surface area contributed by atoms with Crippen molar-refractivity contribution in [2.75, 3.05) is 32.7 Å². The van der Waals surface area contributed by atoms with E-state index in [0.717, 1.165) is 52.0 Å². The molecule has 3 heterocycles. The van der Waals surface area contributed by atoms with Crippen LogP contribution in [0.1, 0.15) is 26.2 Å². The summed E-state index contributed by atoms with van der Waals surface area (Å²) < 4.78 is 0. The predicted molar refractivity (Wildman–Crippen MR) is 75.3 cm³/mol. The van der Waals surface area contributed by atoms with Gasteiger partial charge in [0.25, 0.3) is 0 Å². The minimum absolute atomic E-state index is 0.0587. The summed E-state index contributed by atoms with van der Waals surface area (Å²) >= 11 is 0. The number of amides is 3. The number of nitrogens with one attached hydrogen (secondary N) is 2. The normalized spacial score (nSPS) is 31.8. The number of urea groups is 1. The number of piperidine rings is 1. The molecule has 3 aliphatic rings. The number of carbonyl (C=O) groups is 2. The van der Waals surface area contributed by atoms with Gasteiger partial charge in [-0.25, -0.2) is 4.79 Å². The van der Waals surface area contributed by atoms with E-state index < -0.39 is 0 Å². The third-order valence-corrected chi connectivity index (χ3v) is 4.95. The highest BCUT2D eigenvalue weighted by atomic mass is 16.2. The molecule has 0 saturated carbocycles. The Morgan fingerprint density at radius 2 is 1.90 bits per heavy atom. The van der Waals surface area contributed by atoms with Crippen molar-refractivity contribution in [1.29, 1.82) is 0 Å². The van der Waals surface area contributed by atoms with Crippen LogP contribution < -0.4 is 10.6 Å². The molecule has 3 amide bonds. The van der Waals surface area contributed by atoms with Crippen molar-refractivity contribution in [2.24, 2.45) is 5.92 Å². The van der Waals surface area contributed by atoms with Gasteiger partial charge in [-0.2, -0.15) is 0 Å². The van der Waals surface area contributed by atoms with E-state index in [1.54, 1.807) is 0 Å². The molecular formula is C14H24N4O2. The Morgan fingerprint density at radius 3 is 2.45 bits per heavy atom. The Bertz CT molecular complexity index is 393. The molecule has 0 aromatic rings. The summed E-state index contributed by atoms with van der Waals surface area (Å²) in [5, 5.41) is 6.19. The predicted octanol–water partition coefficient (Wildman–Crippen LogP) is 0.000600. The van der Waals surface area contributed by atoms with Crippen LogP contribution in [0.25, 0.3) is 0 Å². The molecule has 2 atom stereocenters. The molecule has 2 N–H and O–H groups in total. The molecule has 2 unspecified atom stereocenters. The summed E-state index contributed by atoms with van der Waals surface area (Å²) in [5.41, 5.74) is 0. The molecule has 3 fully saturated rings. The molecule has 3 aliphatic heterocycles. The van der Waals surface area contributed by atoms with Crippen LogP contribution in [0.15, 0.2) is 0 Å². The van der Waals surface area contributed by atoms with Gasteiger partial charge in [-0.1, -0.05) is 0 Å². The first-order valence-corrected chi connectivity index (χ1v) is 7.73. The van der Waals surface area contributed by atoms with E-state index in [9.17, 15) is 9.59 Å². The highest BCUT2D eigenvalue weighted by molar-refractivity contribution is 5.80. The Balaban J connectivity index is 1.53. The first-order valence-electron chi connectivity index (χ1n) is 7.73. The molecule has 0 spiro atoms. The van der Waals surface area contributed by atoms with Crippen molar-refractivity contribution in [3.63, 3.8) is 0 Å². The summed E-state index contributed by atoms with van der Waals surface area (Å²) in [6.45, 7) is 6.18. The van der Waals surface area contributed by atoms with E-state index in [-0.39, 0.29) is 11.9 Å². The van der Waals surface area contributed by atoms with Crippen molar-refractivity contribution in [1.82, 2.24) is 20.4 Å². The number of hydrogen-bond acceptors (Lipinski definition) is 3. The first kappa shape index (κ1) is 13.7. The SMILES string of the molecule is CC1NCCC1C(=O)N1CCC(N2CCNC2=O)CC1. The Hall–Kier alpha value is -1.30. The van der Waals surface area contributed by atoms with Gasteiger partial charge in [-0.3, -0.25) is 4.79 Å². The van der Waals surface area contributed by atoms with Crippen LogP contribution in [0.3, 0.4) is 0 Å². The molecule has 0 aromatic carbocycles. The van der Waals surface area contributed by atoms with Crippen LogP contribution in [0.2, 0.25) is 0 Å². The van der Waals surface area contributed by atoms with Gasteiger partial charge in [-0.15, -0.1) is 0 Å². The molecule has 0 aromatic heterocycles. The van der Waals surface area contributed by atoms with Gasteiger partial charge in [0.05, 0.1) is 5.92 Å². The lowest BCUT2D eigenvalue weighted by Gasteiger charge is -2.37. The smallest absolute Gasteiger partial charge is 0.317 e. The second kappa shape index (κ2) is 5.60. The maximum Gasteiger partial charge on any atom is 0.317 e. The molecule has 6 nitrogen and oxygen atoms in total. The maximum absolute atomic E-state index is 12.5. The fraction of sp³-hybridized carbons (Fsp3) is 0.857. The molecule has 0 bridgehead atoms. The van der Waals surface area contributed by atoms with Crippen LogP contribution in [0.4, 0.5) is 4.79 Å². The lowest BCUT2D eigenvalue weighted by atomic mass is 9.97. The van der Waals surface area contributed by atoms with Crippen LogP contribution in [-0.2, 0) is 4.79 Å². The van der Waals surface area contributed by atoms with Crippen molar-refractivity contribution in [3.8, 4) is 0 Å². The number of nitrogens with zero attached hydrogens (tertiary/aromatic N) is 2. The molecule has 20 heavy (non-hydrogen) atoms. The molecule has 6 heteroatoms. The number of likely N-dealkylation sites (tertiary alicyclic amines) is 1. The summed E-state index contributed by atoms with van der Waals surface area (Å²) in [6.07, 6.45) is 2.77. The molecule has 112 valence electrons. The van der Waals surface area contributed by atoms with Crippen molar-refractivity contribution >= 4 is 11.9 Å². The van der Waals surface area contributed by atoms with Gasteiger partial charge in [-0.05, 0) is 32.7 Å². The number of carbonyl (C=O) groups excluding carboxylic acids is 2. The fourth-order valence-corrected chi connectivity index (χ4v) is 3.66. The monoisotopic (exact) mass is 280 g/mol. The van der Waals surface area contributed by atoms with Crippen molar-refractivity contribution in [2.45, 2.75) is 38.3 Å². The third-order valence-electron chi connectivity index (χ3n) is 4.95. The van der Waals surface area contributed by atoms with Gasteiger partial charge in [0.1, 0.15) is 0 Å². The molecule has 0 radical (unpaired) electrons. The van der Waals surface area contributed by atoms with Crippen molar-refractivity contribution < 1.29 is 9.59 Å². The molecule has 0 aliphatic carbocycles. The Kier molecular flexibility index (Phi) is 3.83. The summed E-state index contributed by atoms with van der Waals surface area (Å²) in [4.78, 5) is 28.1. The molecule has 3 rings (SSSR count). The maximum atomic E-state index is 12.5. The van der Waals surface area contributed by atoms with E-state index in [4.69, 9.17) is 0 Å². The second-order valence-corrected chi connectivity index (χ2v) is 6.12. The van der Waals surface area contributed by atoms with E-state index in [2.05, 4.69) is 17.6 Å². The summed E-state index contributed by atoms with van der Waals surface area (Å²) in [6, 6.07) is 0.661. The third kappa shape index (κ3) is 2.49. The van der Waals surface area contributed by atoms with Crippen LogP contribution in [0, 0.1) is 5.92 Å². The van der Waals surface area contributed by atoms with Gasteiger partial charge < -0.3 is 20.4 Å². The highest BCUT2D eigenvalue weighted by Gasteiger charge is 2.36. The van der Waals surface area contributed by atoms with Crippen LogP contribution >= 0.6 is 0 Å². The zero-order chi connectivity index (χ0) is 14.1. The van der Waals surface area contributed by atoms with E-state index in [0.29, 0.717) is 18.0 Å². The Morgan fingerprint density at radius 1 is 1.15 bits per heavy atom. The minimum atomic E-state index is 0.0587. The van der Waals surface area contributed by atoms with Crippen molar-refractivity contribution in [3.05, 3.63) is 0 Å². The average molecular weight is 280 g/mol. The van der Waals surface area contributed by atoms with Crippen LogP contribution in [0.5, 0.6) is 0 Å². The zero-order valence-corrected chi connectivity index (χ0v) is 12.1. The standard InChI is InChI=1S/C14H24N4O2/c1-10-12(2-5-15-10)13(19)17-7-3-11(4-8-17)18-9-6-16-14(18)20/h10-12,15H,2-9H2,1H3,(H,16,20). The number of rotatable bonds is 2. The van der Waals surface area contributed by atoms with E-state index in [1.165, 1.54) is 0 Å². The van der Waals surface area contributed by atoms with E-state index in [1.807, 2.05) is 9.80 Å². The second-order valence-electron chi connectivity index (χ2n) is 6.12. The zero-order valence-electron chi connectivity index (χ0n) is 12.1. The summed E-state index contributed by atoms with van der Waals surface area (Å²) in [7, 11) is 0. The van der Waals surface area contributed by atoms with Gasteiger partial charge in [0.2, 0.25) is 5.91 Å². The van der Waals surface area contributed by atoms with Gasteiger partial charge in [0, 0.05) is 38.3 Å². The minimum Gasteiger partial charge on any atom is -0.342 e. The molecule has 3 saturated heterocycles. The van der Waals surface area contributed by atoms with Gasteiger partial charge >= 0.3 is 6.03 Å². The Labute approximate surface area is 119 Å². The average Bonchev–Trinajstić information content (AvgIpc) is 3.07. The largest absolute Gasteiger partial charge is 0.342 e. The first-order chi connectivity index (χ1) is 9.66. The summed E-state index contributed by atoms with van der Waals surface area (Å²) in [5.74, 6) is 0.438. The van der Waals surface area contributed by atoms with E-state index >= 15 is 0 Å². The molecular weight excluding hydrogens is 256 g/mol.